The summed E-state index contributed by atoms with van der Waals surface area (Å²) in [5, 5.41) is 34.1. The topological polar surface area (TPSA) is 107 Å². The van der Waals surface area contributed by atoms with Crippen LogP contribution >= 0.6 is 0 Å². The van der Waals surface area contributed by atoms with Gasteiger partial charge >= 0.3 is 0 Å². The van der Waals surface area contributed by atoms with E-state index in [4.69, 9.17) is 0 Å². The molecule has 1 heterocycles. The molecule has 116 valence electrons. The first-order valence-corrected chi connectivity index (χ1v) is 6.75. The fourth-order valence-electron chi connectivity index (χ4n) is 2.19. The minimum absolute atomic E-state index is 0.0397. The number of nitrogens with zero attached hydrogens (tertiary/aromatic N) is 2. The van der Waals surface area contributed by atoms with Crippen LogP contribution in [0, 0.1) is 10.4 Å². The zero-order valence-corrected chi connectivity index (χ0v) is 11.8. The summed E-state index contributed by atoms with van der Waals surface area (Å²) in [5.74, 6) is -0.223. The van der Waals surface area contributed by atoms with Gasteiger partial charge < -0.3 is 15.5 Å². The molecule has 2 N–H and O–H groups in total. The van der Waals surface area contributed by atoms with Gasteiger partial charge in [-0.3, -0.25) is 9.89 Å². The molecule has 0 unspecified atom stereocenters. The average Bonchev–Trinajstić information content (AvgIpc) is 2.84. The number of hydrogen-bond acceptors (Lipinski definition) is 4. The van der Waals surface area contributed by atoms with Gasteiger partial charge in [-0.2, -0.15) is 4.90 Å². The molecule has 3 rings (SSSR count). The Balaban J connectivity index is 2.00. The average molecular weight is 310 g/mol. The zero-order valence-electron chi connectivity index (χ0n) is 11.8. The third-order valence-electron chi connectivity index (χ3n) is 3.34. The maximum absolute atomic E-state index is 12.0. The summed E-state index contributed by atoms with van der Waals surface area (Å²) < 4.78 is 1.28. The second kappa shape index (κ2) is 5.72. The van der Waals surface area contributed by atoms with E-state index < -0.39 is 10.5 Å². The van der Waals surface area contributed by atoms with E-state index in [-0.39, 0.29) is 17.2 Å². The maximum Gasteiger partial charge on any atom is 0.275 e. The lowest BCUT2D eigenvalue weighted by Gasteiger charge is -2.08. The third kappa shape index (κ3) is 2.80. The summed E-state index contributed by atoms with van der Waals surface area (Å²) in [5.41, 5.74) is 0.780. The number of aromatic hydroxyl groups is 1. The molecule has 0 amide bonds. The first kappa shape index (κ1) is 14.5. The van der Waals surface area contributed by atoms with Gasteiger partial charge in [-0.05, 0) is 35.9 Å². The van der Waals surface area contributed by atoms with Gasteiger partial charge in [-0.1, -0.05) is 18.2 Å². The Kier molecular flexibility index (Phi) is 3.60. The number of hydrogen-bond donors (Lipinski definition) is 2. The quantitative estimate of drug-likeness (QED) is 0.651. The van der Waals surface area contributed by atoms with E-state index in [1.54, 1.807) is 24.3 Å². The second-order valence-electron chi connectivity index (χ2n) is 4.84. The number of aromatic nitrogens is 2. The van der Waals surface area contributed by atoms with Gasteiger partial charge in [0.2, 0.25) is 11.6 Å². The van der Waals surface area contributed by atoms with Gasteiger partial charge in [0.15, 0.2) is 0 Å². The molecule has 0 saturated carbocycles. The molecule has 1 aliphatic rings. The first-order chi connectivity index (χ1) is 11.1. The Morgan fingerprint density at radius 2 is 1.74 bits per heavy atom. The van der Waals surface area contributed by atoms with Gasteiger partial charge in [0.05, 0.1) is 5.69 Å². The Hall–Kier alpha value is -3.48. The number of rotatable bonds is 2. The molecule has 7 nitrogen and oxygen atoms in total. The van der Waals surface area contributed by atoms with Crippen LogP contribution in [0.4, 0.5) is 0 Å². The highest BCUT2D eigenvalue weighted by Crippen LogP contribution is 2.21. The van der Waals surface area contributed by atoms with Crippen molar-refractivity contribution in [2.24, 2.45) is 0 Å². The number of allylic oxidation sites excluding steroid dienone is 5. The lowest BCUT2D eigenvalue weighted by molar-refractivity contribution is -0.377. The summed E-state index contributed by atoms with van der Waals surface area (Å²) in [6.45, 7) is 0. The van der Waals surface area contributed by atoms with Crippen LogP contribution in [0.25, 0.3) is 11.8 Å². The molecule has 2 aromatic rings. The number of nitrogens with one attached hydrogen (secondary N) is 1. The highest BCUT2D eigenvalue weighted by molar-refractivity contribution is 6.03. The molecule has 1 aromatic carbocycles. The lowest BCUT2D eigenvalue weighted by Crippen LogP contribution is -2.07. The molecule has 0 spiro atoms. The summed E-state index contributed by atoms with van der Waals surface area (Å²) in [7, 11) is 0. The van der Waals surface area contributed by atoms with E-state index in [2.05, 4.69) is 5.10 Å². The molecule has 0 saturated heterocycles. The molecule has 0 aliphatic heterocycles. The monoisotopic (exact) mass is 310 g/mol. The largest absolute Gasteiger partial charge is 0.612 e. The Labute approximate surface area is 130 Å². The van der Waals surface area contributed by atoms with E-state index in [1.165, 1.54) is 35.1 Å². The predicted octanol–water partition coefficient (Wildman–Crippen LogP) is 1.83. The fourth-order valence-corrected chi connectivity index (χ4v) is 2.19. The van der Waals surface area contributed by atoms with Crippen LogP contribution in [0.5, 0.6) is 5.88 Å². The molecule has 0 bridgehead atoms. The van der Waals surface area contributed by atoms with Crippen LogP contribution < -0.4 is 5.56 Å². The van der Waals surface area contributed by atoms with E-state index in [1.807, 2.05) is 6.07 Å². The van der Waals surface area contributed by atoms with Crippen LogP contribution in [0.1, 0.15) is 5.56 Å². The number of para-hydroxylation sites is 1. The van der Waals surface area contributed by atoms with E-state index in [0.29, 0.717) is 11.3 Å². The van der Waals surface area contributed by atoms with Crippen molar-refractivity contribution < 1.29 is 10.0 Å². The predicted molar refractivity (Wildman–Crippen MR) is 86.3 cm³/mol. The number of H-pyrrole nitrogens is 1. The molecule has 23 heavy (non-hydrogen) atoms. The van der Waals surface area contributed by atoms with Crippen molar-refractivity contribution in [3.8, 4) is 11.6 Å². The van der Waals surface area contributed by atoms with Crippen molar-refractivity contribution in [2.45, 2.75) is 0 Å². The highest BCUT2D eigenvalue weighted by Gasteiger charge is 2.14. The highest BCUT2D eigenvalue weighted by atomic mass is 16.8. The maximum atomic E-state index is 12.0. The van der Waals surface area contributed by atoms with Crippen molar-refractivity contribution in [3.05, 3.63) is 86.5 Å². The van der Waals surface area contributed by atoms with Crippen LogP contribution in [0.2, 0.25) is 0 Å². The van der Waals surface area contributed by atoms with Gasteiger partial charge in [0, 0.05) is 12.2 Å². The summed E-state index contributed by atoms with van der Waals surface area (Å²) in [6.07, 6.45) is 7.17. The van der Waals surface area contributed by atoms with Crippen LogP contribution in [-0.2, 0) is 0 Å². The summed E-state index contributed by atoms with van der Waals surface area (Å²) in [6, 6.07) is 8.88. The lowest BCUT2D eigenvalue weighted by atomic mass is 10.1. The molecular weight excluding hydrogens is 298 g/mol. The molecule has 1 aliphatic carbocycles. The fraction of sp³-hybridized carbons (Fsp3) is 0. The van der Waals surface area contributed by atoms with Crippen molar-refractivity contribution in [3.63, 3.8) is 0 Å². The smallest absolute Gasteiger partial charge is 0.275 e. The minimum atomic E-state index is -0.500. The second-order valence-corrected chi connectivity index (χ2v) is 4.84. The van der Waals surface area contributed by atoms with Crippen LogP contribution in [-0.4, -0.2) is 25.5 Å². The molecule has 0 fully saturated rings. The summed E-state index contributed by atoms with van der Waals surface area (Å²) in [4.78, 5) is 11.5. The minimum Gasteiger partial charge on any atom is -0.612 e. The SMILES string of the molecule is O=c1[nH]n(-c2ccccc2)c(O)c1C=C1C=CC(=[N+]([O-])[O-])C=C1. The molecule has 0 radical (unpaired) electrons. The Morgan fingerprint density at radius 3 is 2.35 bits per heavy atom. The Morgan fingerprint density at radius 1 is 1.09 bits per heavy atom. The standard InChI is InChI=1S/C16H12N3O4/c20-15-14(10-11-6-8-13(9-7-11)19(22)23)16(21)18(17-15)12-4-2-1-3-5-12/h1-10H,(H2-,17,20,21,22,23)/q-1. The molecular formula is C16H12N3O4-. The van der Waals surface area contributed by atoms with E-state index >= 15 is 0 Å². The van der Waals surface area contributed by atoms with Gasteiger partial charge in [-0.25, -0.2) is 4.68 Å². The van der Waals surface area contributed by atoms with Crippen molar-refractivity contribution >= 4 is 11.8 Å². The van der Waals surface area contributed by atoms with Gasteiger partial charge in [0.25, 0.3) is 5.56 Å². The summed E-state index contributed by atoms with van der Waals surface area (Å²) >= 11 is 0. The molecule has 1 aromatic heterocycles. The molecule has 7 heteroatoms. The number of benzene rings is 1. The zero-order chi connectivity index (χ0) is 16.4. The number of aromatic amines is 1. The Bertz CT molecular complexity index is 893. The van der Waals surface area contributed by atoms with Crippen LogP contribution in [0.15, 0.2) is 65.0 Å². The van der Waals surface area contributed by atoms with Crippen molar-refractivity contribution in [1.29, 1.82) is 0 Å². The van der Waals surface area contributed by atoms with Gasteiger partial charge in [0.1, 0.15) is 5.56 Å². The third-order valence-corrected chi connectivity index (χ3v) is 3.34. The van der Waals surface area contributed by atoms with E-state index in [0.717, 1.165) is 0 Å². The van der Waals surface area contributed by atoms with Crippen LogP contribution in [0.3, 0.4) is 0 Å². The van der Waals surface area contributed by atoms with Crippen molar-refractivity contribution in [1.82, 2.24) is 9.78 Å². The van der Waals surface area contributed by atoms with Gasteiger partial charge in [-0.15, -0.1) is 0 Å². The van der Waals surface area contributed by atoms with Crippen molar-refractivity contribution in [2.75, 3.05) is 0 Å². The normalized spacial score (nSPS) is 13.4. The first-order valence-electron chi connectivity index (χ1n) is 6.75. The van der Waals surface area contributed by atoms with E-state index in [9.17, 15) is 20.3 Å². The molecule has 0 atom stereocenters.